The molecular weight excluding hydrogens is 254 g/mol. The summed E-state index contributed by atoms with van der Waals surface area (Å²) < 4.78 is 14.0. The van der Waals surface area contributed by atoms with Gasteiger partial charge in [0.25, 0.3) is 0 Å². The molecule has 1 rings (SSSR count). The molecule has 0 aromatic heterocycles. The van der Waals surface area contributed by atoms with E-state index in [4.69, 9.17) is 0 Å². The molecule has 0 heterocycles. The van der Waals surface area contributed by atoms with Crippen molar-refractivity contribution >= 4 is 23.1 Å². The SMILES string of the molecule is COP(OC)OC.Cc1ccc(P)c(C)c1C. The average Bonchev–Trinajstić information content (AvgIpc) is 2.35. The summed E-state index contributed by atoms with van der Waals surface area (Å²) in [6, 6.07) is 4.30. The predicted octanol–water partition coefficient (Wildman–Crippen LogP) is 3.26. The van der Waals surface area contributed by atoms with Gasteiger partial charge in [-0.1, -0.05) is 12.1 Å². The Labute approximate surface area is 108 Å². The maximum absolute atomic E-state index is 4.67. The van der Waals surface area contributed by atoms with Crippen molar-refractivity contribution in [2.75, 3.05) is 21.3 Å². The number of rotatable bonds is 3. The van der Waals surface area contributed by atoms with E-state index in [0.717, 1.165) is 0 Å². The van der Waals surface area contributed by atoms with E-state index in [1.165, 1.54) is 22.0 Å². The van der Waals surface area contributed by atoms with Crippen molar-refractivity contribution in [1.29, 1.82) is 0 Å². The summed E-state index contributed by atoms with van der Waals surface area (Å²) in [6.45, 7) is 6.47. The van der Waals surface area contributed by atoms with E-state index in [1.54, 1.807) is 21.3 Å². The molecule has 0 spiro atoms. The lowest BCUT2D eigenvalue weighted by atomic mass is 10.1. The van der Waals surface area contributed by atoms with Gasteiger partial charge in [0.1, 0.15) is 0 Å². The van der Waals surface area contributed by atoms with E-state index >= 15 is 0 Å². The molecule has 0 fully saturated rings. The topological polar surface area (TPSA) is 27.7 Å². The molecule has 1 atom stereocenters. The first-order valence-corrected chi connectivity index (χ1v) is 6.89. The van der Waals surface area contributed by atoms with Gasteiger partial charge in [0.05, 0.1) is 0 Å². The van der Waals surface area contributed by atoms with Crippen LogP contribution in [0.1, 0.15) is 16.7 Å². The smallest absolute Gasteiger partial charge is 0.316 e. The molecule has 1 aromatic rings. The van der Waals surface area contributed by atoms with Crippen LogP contribution in [0.15, 0.2) is 12.1 Å². The van der Waals surface area contributed by atoms with Crippen LogP contribution in [0.3, 0.4) is 0 Å². The lowest BCUT2D eigenvalue weighted by molar-refractivity contribution is 0.239. The number of benzene rings is 1. The van der Waals surface area contributed by atoms with E-state index in [-0.39, 0.29) is 0 Å². The van der Waals surface area contributed by atoms with Gasteiger partial charge in [-0.15, -0.1) is 9.24 Å². The van der Waals surface area contributed by atoms with Gasteiger partial charge >= 0.3 is 8.60 Å². The van der Waals surface area contributed by atoms with Crippen molar-refractivity contribution in [3.8, 4) is 0 Å². The molecule has 0 saturated heterocycles. The van der Waals surface area contributed by atoms with Crippen LogP contribution >= 0.6 is 17.8 Å². The van der Waals surface area contributed by atoms with Crippen molar-refractivity contribution < 1.29 is 13.6 Å². The van der Waals surface area contributed by atoms with E-state index in [1.807, 2.05) is 0 Å². The lowest BCUT2D eigenvalue weighted by Crippen LogP contribution is -2.00. The van der Waals surface area contributed by atoms with Gasteiger partial charge in [-0.05, 0) is 42.8 Å². The van der Waals surface area contributed by atoms with Gasteiger partial charge in [-0.3, -0.25) is 0 Å². The largest absolute Gasteiger partial charge is 0.331 e. The second kappa shape index (κ2) is 8.97. The zero-order chi connectivity index (χ0) is 13.4. The van der Waals surface area contributed by atoms with Crippen LogP contribution < -0.4 is 5.30 Å². The fourth-order valence-corrected chi connectivity index (χ4v) is 1.96. The molecule has 0 aliphatic rings. The standard InChI is InChI=1S/C9H13P.C3H9O3P/c1-6-4-5-9(10)8(3)7(6)2;1-4-7(5-2)6-3/h4-5H,10H2,1-3H3;1-3H3. The summed E-state index contributed by atoms with van der Waals surface area (Å²) in [5.74, 6) is 0. The van der Waals surface area contributed by atoms with Crippen molar-refractivity contribution in [3.63, 3.8) is 0 Å². The predicted molar refractivity (Wildman–Crippen MR) is 77.9 cm³/mol. The Morgan fingerprint density at radius 1 is 0.882 bits per heavy atom. The highest BCUT2D eigenvalue weighted by atomic mass is 31.2. The van der Waals surface area contributed by atoms with Crippen molar-refractivity contribution in [1.82, 2.24) is 0 Å². The monoisotopic (exact) mass is 276 g/mol. The summed E-state index contributed by atoms with van der Waals surface area (Å²) in [4.78, 5) is 0. The van der Waals surface area contributed by atoms with Gasteiger partial charge in [0.15, 0.2) is 0 Å². The van der Waals surface area contributed by atoms with Crippen LogP contribution in [-0.2, 0) is 13.6 Å². The van der Waals surface area contributed by atoms with Crippen LogP contribution in [0.2, 0.25) is 0 Å². The summed E-state index contributed by atoms with van der Waals surface area (Å²) in [7, 11) is 6.31. The Kier molecular flexibility index (Phi) is 8.94. The Hall–Kier alpha value is -0.0400. The lowest BCUT2D eigenvalue weighted by Gasteiger charge is -2.05. The first-order chi connectivity index (χ1) is 7.97. The van der Waals surface area contributed by atoms with Gasteiger partial charge in [-0.25, -0.2) is 0 Å². The zero-order valence-corrected chi connectivity index (χ0v) is 13.5. The summed E-state index contributed by atoms with van der Waals surface area (Å²) in [5.41, 5.74) is 4.18. The number of aryl methyl sites for hydroxylation is 1. The van der Waals surface area contributed by atoms with Gasteiger partial charge in [0.2, 0.25) is 0 Å². The fourth-order valence-electron chi connectivity index (χ4n) is 1.20. The van der Waals surface area contributed by atoms with Gasteiger partial charge in [0, 0.05) is 21.3 Å². The molecule has 17 heavy (non-hydrogen) atoms. The summed E-state index contributed by atoms with van der Waals surface area (Å²) in [5, 5.41) is 1.31. The minimum Gasteiger partial charge on any atom is -0.316 e. The Morgan fingerprint density at radius 3 is 1.65 bits per heavy atom. The molecule has 0 bridgehead atoms. The molecule has 0 aliphatic carbocycles. The first kappa shape index (κ1) is 17.0. The third-order valence-corrected chi connectivity index (χ3v) is 4.07. The van der Waals surface area contributed by atoms with Crippen LogP contribution in [0.4, 0.5) is 0 Å². The minimum atomic E-state index is -1.05. The maximum Gasteiger partial charge on any atom is 0.331 e. The highest BCUT2D eigenvalue weighted by Crippen LogP contribution is 2.35. The minimum absolute atomic E-state index is 1.05. The van der Waals surface area contributed by atoms with Crippen molar-refractivity contribution in [2.45, 2.75) is 20.8 Å². The summed E-state index contributed by atoms with van der Waals surface area (Å²) >= 11 is 0. The third-order valence-electron chi connectivity index (χ3n) is 2.55. The Bertz CT molecular complexity index is 306. The third kappa shape index (κ3) is 5.90. The summed E-state index contributed by atoms with van der Waals surface area (Å²) in [6.07, 6.45) is 0. The quantitative estimate of drug-likeness (QED) is 0.793. The molecule has 0 aliphatic heterocycles. The fraction of sp³-hybridized carbons (Fsp3) is 0.500. The van der Waals surface area contributed by atoms with Crippen LogP contribution in [0.25, 0.3) is 0 Å². The Morgan fingerprint density at radius 2 is 1.35 bits per heavy atom. The van der Waals surface area contributed by atoms with Gasteiger partial charge in [-0.2, -0.15) is 0 Å². The normalized spacial score (nSPS) is 10.1. The highest BCUT2D eigenvalue weighted by Gasteiger charge is 2.00. The van der Waals surface area contributed by atoms with Crippen LogP contribution in [0, 0.1) is 20.8 Å². The second-order valence-electron chi connectivity index (χ2n) is 3.49. The van der Waals surface area contributed by atoms with Gasteiger partial charge < -0.3 is 13.6 Å². The molecule has 0 radical (unpaired) electrons. The maximum atomic E-state index is 4.67. The molecule has 5 heteroatoms. The molecule has 1 unspecified atom stereocenters. The highest BCUT2D eigenvalue weighted by molar-refractivity contribution is 7.41. The molecule has 0 amide bonds. The van der Waals surface area contributed by atoms with E-state index in [2.05, 4.69) is 55.7 Å². The molecular formula is C12H22O3P2. The number of hydrogen-bond donors (Lipinski definition) is 0. The molecule has 3 nitrogen and oxygen atoms in total. The first-order valence-electron chi connectivity index (χ1n) is 5.22. The van der Waals surface area contributed by atoms with Crippen LogP contribution in [-0.4, -0.2) is 21.3 Å². The Balaban J connectivity index is 0.000000325. The van der Waals surface area contributed by atoms with Crippen molar-refractivity contribution in [2.24, 2.45) is 0 Å². The van der Waals surface area contributed by atoms with E-state index < -0.39 is 8.60 Å². The zero-order valence-electron chi connectivity index (χ0n) is 11.4. The molecule has 98 valence electrons. The van der Waals surface area contributed by atoms with E-state index in [0.29, 0.717) is 0 Å². The number of hydrogen-bond acceptors (Lipinski definition) is 3. The molecule has 0 saturated carbocycles. The second-order valence-corrected chi connectivity index (χ2v) is 5.66. The molecule has 0 N–H and O–H groups in total. The van der Waals surface area contributed by atoms with Crippen molar-refractivity contribution in [3.05, 3.63) is 28.8 Å². The molecule has 1 aromatic carbocycles. The van der Waals surface area contributed by atoms with Crippen LogP contribution in [0.5, 0.6) is 0 Å². The average molecular weight is 276 g/mol. The van der Waals surface area contributed by atoms with E-state index in [9.17, 15) is 0 Å².